The van der Waals surface area contributed by atoms with Crippen LogP contribution in [0.4, 0.5) is 17.3 Å². The van der Waals surface area contributed by atoms with Gasteiger partial charge in [0.25, 0.3) is 5.91 Å². The van der Waals surface area contributed by atoms with E-state index >= 15 is 0 Å². The van der Waals surface area contributed by atoms with Crippen LogP contribution in [0.5, 0.6) is 0 Å². The Labute approximate surface area is 121 Å². The van der Waals surface area contributed by atoms with Gasteiger partial charge in [0, 0.05) is 26.0 Å². The van der Waals surface area contributed by atoms with E-state index in [2.05, 4.69) is 9.97 Å². The van der Waals surface area contributed by atoms with Crippen LogP contribution in [-0.4, -0.2) is 29.5 Å². The first kappa shape index (κ1) is 12.9. The summed E-state index contributed by atoms with van der Waals surface area (Å²) in [7, 11) is 1.73. The predicted molar refractivity (Wildman–Crippen MR) is 78.9 cm³/mol. The number of hydrogen-bond acceptors (Lipinski definition) is 4. The second kappa shape index (κ2) is 4.76. The minimum Gasteiger partial charge on any atom is -0.309 e. The van der Waals surface area contributed by atoms with Gasteiger partial charge in [-0.1, -0.05) is 11.6 Å². The average molecular weight is 289 g/mol. The molecule has 0 aromatic carbocycles. The van der Waals surface area contributed by atoms with Crippen molar-refractivity contribution < 1.29 is 4.79 Å². The highest BCUT2D eigenvalue weighted by Crippen LogP contribution is 2.37. The smallest absolute Gasteiger partial charge is 0.261 e. The summed E-state index contributed by atoms with van der Waals surface area (Å²) in [6.45, 7) is 2.65. The molecule has 3 heterocycles. The molecule has 0 saturated heterocycles. The molecule has 1 aliphatic heterocycles. The maximum Gasteiger partial charge on any atom is 0.261 e. The van der Waals surface area contributed by atoms with E-state index in [0.717, 1.165) is 11.5 Å². The van der Waals surface area contributed by atoms with Crippen LogP contribution in [0.3, 0.4) is 0 Å². The van der Waals surface area contributed by atoms with Crippen LogP contribution in [0.15, 0.2) is 30.6 Å². The normalized spacial score (nSPS) is 13.8. The molecule has 0 spiro atoms. The molecule has 0 saturated carbocycles. The number of rotatable bonds is 1. The molecule has 0 bridgehead atoms. The Morgan fingerprint density at radius 1 is 1.30 bits per heavy atom. The molecule has 6 heteroatoms. The molecule has 0 fully saturated rings. The van der Waals surface area contributed by atoms with Gasteiger partial charge in [0.1, 0.15) is 5.82 Å². The van der Waals surface area contributed by atoms with Gasteiger partial charge in [-0.25, -0.2) is 9.97 Å². The molecule has 2 aromatic heterocycles. The summed E-state index contributed by atoms with van der Waals surface area (Å²) >= 11 is 5.98. The Morgan fingerprint density at radius 3 is 2.85 bits per heavy atom. The summed E-state index contributed by atoms with van der Waals surface area (Å²) in [4.78, 5) is 24.8. The Balaban J connectivity index is 2.31. The third-order valence-electron chi connectivity index (χ3n) is 3.32. The van der Waals surface area contributed by atoms with E-state index in [1.807, 2.05) is 24.0 Å². The Bertz CT molecular complexity index is 689. The van der Waals surface area contributed by atoms with Crippen molar-refractivity contribution in [1.82, 2.24) is 9.97 Å². The quantitative estimate of drug-likeness (QED) is 0.809. The molecule has 3 rings (SSSR count). The molecule has 1 amide bonds. The first-order chi connectivity index (χ1) is 9.63. The fraction of sp³-hybridized carbons (Fsp3) is 0.214. The average Bonchev–Trinajstić information content (AvgIpc) is 2.55. The van der Waals surface area contributed by atoms with Crippen molar-refractivity contribution in [3.63, 3.8) is 0 Å². The highest BCUT2D eigenvalue weighted by atomic mass is 35.5. The number of pyridine rings is 2. The van der Waals surface area contributed by atoms with Crippen molar-refractivity contribution in [2.45, 2.75) is 6.92 Å². The van der Waals surface area contributed by atoms with Crippen molar-refractivity contribution in [2.24, 2.45) is 0 Å². The molecular formula is C14H13ClN4O. The first-order valence-corrected chi connectivity index (χ1v) is 6.67. The van der Waals surface area contributed by atoms with E-state index in [0.29, 0.717) is 22.9 Å². The van der Waals surface area contributed by atoms with Gasteiger partial charge in [-0.15, -0.1) is 0 Å². The zero-order valence-electron chi connectivity index (χ0n) is 11.2. The minimum absolute atomic E-state index is 0.139. The molecule has 0 aliphatic carbocycles. The standard InChI is InChI=1S/C14H13ClN4O/c1-3-19-12-10(7-9(15)8-17-12)14(20)18(2)11-5-4-6-16-13(11)19/h4-8H,3H2,1-2H3. The molecule has 1 aliphatic rings. The number of amides is 1. The van der Waals surface area contributed by atoms with Crippen LogP contribution in [0.2, 0.25) is 5.02 Å². The zero-order chi connectivity index (χ0) is 14.3. The largest absolute Gasteiger partial charge is 0.309 e. The SMILES string of the molecule is CCN1c2ncc(Cl)cc2C(=O)N(C)c2cccnc21. The van der Waals surface area contributed by atoms with Crippen molar-refractivity contribution in [3.05, 3.63) is 41.2 Å². The van der Waals surface area contributed by atoms with Crippen molar-refractivity contribution in [1.29, 1.82) is 0 Å². The molecular weight excluding hydrogens is 276 g/mol. The first-order valence-electron chi connectivity index (χ1n) is 6.29. The minimum atomic E-state index is -0.139. The molecule has 0 radical (unpaired) electrons. The molecule has 20 heavy (non-hydrogen) atoms. The Hall–Kier alpha value is -2.14. The van der Waals surface area contributed by atoms with Gasteiger partial charge in [0.2, 0.25) is 0 Å². The van der Waals surface area contributed by atoms with Gasteiger partial charge in [0.05, 0.1) is 16.3 Å². The topological polar surface area (TPSA) is 49.3 Å². The van der Waals surface area contributed by atoms with E-state index in [1.165, 1.54) is 0 Å². The fourth-order valence-corrected chi connectivity index (χ4v) is 2.51. The lowest BCUT2D eigenvalue weighted by atomic mass is 10.2. The molecule has 0 atom stereocenters. The number of carbonyl (C=O) groups excluding carboxylic acids is 1. The van der Waals surface area contributed by atoms with Crippen molar-refractivity contribution in [3.8, 4) is 0 Å². The lowest BCUT2D eigenvalue weighted by Gasteiger charge is -2.22. The number of anilines is 3. The third-order valence-corrected chi connectivity index (χ3v) is 3.53. The third kappa shape index (κ3) is 1.82. The van der Waals surface area contributed by atoms with Gasteiger partial charge in [-0.05, 0) is 25.1 Å². The van der Waals surface area contributed by atoms with Gasteiger partial charge in [-0.3, -0.25) is 4.79 Å². The molecule has 0 N–H and O–H groups in total. The van der Waals surface area contributed by atoms with Gasteiger partial charge >= 0.3 is 0 Å². The summed E-state index contributed by atoms with van der Waals surface area (Å²) in [5, 5.41) is 0.445. The van der Waals surface area contributed by atoms with Crippen LogP contribution in [0.25, 0.3) is 0 Å². The highest BCUT2D eigenvalue weighted by molar-refractivity contribution is 6.31. The van der Waals surface area contributed by atoms with E-state index < -0.39 is 0 Å². The number of aromatic nitrogens is 2. The fourth-order valence-electron chi connectivity index (χ4n) is 2.35. The maximum atomic E-state index is 12.6. The summed E-state index contributed by atoms with van der Waals surface area (Å²) in [5.41, 5.74) is 1.24. The highest BCUT2D eigenvalue weighted by Gasteiger charge is 2.30. The van der Waals surface area contributed by atoms with Crippen molar-refractivity contribution in [2.75, 3.05) is 23.4 Å². The van der Waals surface area contributed by atoms with E-state index in [1.54, 1.807) is 30.4 Å². The van der Waals surface area contributed by atoms with Gasteiger partial charge in [-0.2, -0.15) is 0 Å². The van der Waals surface area contributed by atoms with Crippen molar-refractivity contribution >= 4 is 34.8 Å². The summed E-state index contributed by atoms with van der Waals surface area (Å²) in [5.74, 6) is 1.17. The summed E-state index contributed by atoms with van der Waals surface area (Å²) in [6, 6.07) is 5.33. The number of halogens is 1. The maximum absolute atomic E-state index is 12.6. The Kier molecular flexibility index (Phi) is 3.06. The molecule has 5 nitrogen and oxygen atoms in total. The second-order valence-electron chi connectivity index (χ2n) is 4.48. The van der Waals surface area contributed by atoms with Crippen LogP contribution < -0.4 is 9.80 Å². The molecule has 102 valence electrons. The summed E-state index contributed by atoms with van der Waals surface area (Å²) in [6.07, 6.45) is 3.25. The number of nitrogens with zero attached hydrogens (tertiary/aromatic N) is 4. The van der Waals surface area contributed by atoms with E-state index in [4.69, 9.17) is 11.6 Å². The Morgan fingerprint density at radius 2 is 2.10 bits per heavy atom. The predicted octanol–water partition coefficient (Wildman–Crippen LogP) is 2.88. The lowest BCUT2D eigenvalue weighted by molar-refractivity contribution is 0.0994. The van der Waals surface area contributed by atoms with Crippen LogP contribution in [-0.2, 0) is 0 Å². The monoisotopic (exact) mass is 288 g/mol. The van der Waals surface area contributed by atoms with Crippen LogP contribution in [0.1, 0.15) is 17.3 Å². The van der Waals surface area contributed by atoms with E-state index in [9.17, 15) is 4.79 Å². The number of hydrogen-bond donors (Lipinski definition) is 0. The molecule has 0 unspecified atom stereocenters. The van der Waals surface area contributed by atoms with Gasteiger partial charge < -0.3 is 9.80 Å². The second-order valence-corrected chi connectivity index (χ2v) is 4.92. The number of fused-ring (bicyclic) bond motifs is 2. The van der Waals surface area contributed by atoms with Crippen LogP contribution in [0, 0.1) is 0 Å². The van der Waals surface area contributed by atoms with Crippen LogP contribution >= 0.6 is 11.6 Å². The zero-order valence-corrected chi connectivity index (χ0v) is 11.9. The lowest BCUT2D eigenvalue weighted by Crippen LogP contribution is -2.25. The van der Waals surface area contributed by atoms with Gasteiger partial charge in [0.15, 0.2) is 5.82 Å². The summed E-state index contributed by atoms with van der Waals surface area (Å²) < 4.78 is 0. The molecule has 2 aromatic rings. The number of carbonyl (C=O) groups is 1. The van der Waals surface area contributed by atoms with E-state index in [-0.39, 0.29) is 5.91 Å².